The fourth-order valence-electron chi connectivity index (χ4n) is 2.01. The van der Waals surface area contributed by atoms with Crippen LogP contribution in [-0.4, -0.2) is 28.5 Å². The highest BCUT2D eigenvalue weighted by atomic mass is 35.5. The smallest absolute Gasteiger partial charge is 0.303 e. The average molecular weight is 313 g/mol. The number of carbonyl (C=O) groups is 2. The maximum Gasteiger partial charge on any atom is 0.303 e. The van der Waals surface area contributed by atoms with E-state index in [1.807, 2.05) is 13.8 Å². The van der Waals surface area contributed by atoms with E-state index in [1.54, 1.807) is 6.07 Å². The zero-order chi connectivity index (χ0) is 15.8. The second-order valence-corrected chi connectivity index (χ2v) is 5.39. The summed E-state index contributed by atoms with van der Waals surface area (Å²) in [6.07, 6.45) is 2.43. The van der Waals surface area contributed by atoms with E-state index in [0.29, 0.717) is 23.7 Å². The van der Waals surface area contributed by atoms with Crippen LogP contribution in [0.3, 0.4) is 0 Å². The molecule has 6 heteroatoms. The third-order valence-corrected chi connectivity index (χ3v) is 3.40. The summed E-state index contributed by atoms with van der Waals surface area (Å²) in [5.41, 5.74) is 1.25. The van der Waals surface area contributed by atoms with Crippen LogP contribution in [0, 0.1) is 5.92 Å². The predicted octanol–water partition coefficient (Wildman–Crippen LogP) is 2.92. The van der Waals surface area contributed by atoms with Crippen LogP contribution in [0.5, 0.6) is 0 Å². The Balaban J connectivity index is 2.68. The minimum atomic E-state index is -0.853. The van der Waals surface area contributed by atoms with Gasteiger partial charge in [0.25, 0.3) is 5.91 Å². The number of hydrogen-bond donors (Lipinski definition) is 2. The largest absolute Gasteiger partial charge is 0.481 e. The molecule has 1 aromatic heterocycles. The van der Waals surface area contributed by atoms with Gasteiger partial charge in [-0.05, 0) is 24.5 Å². The van der Waals surface area contributed by atoms with E-state index in [2.05, 4.69) is 10.3 Å². The van der Waals surface area contributed by atoms with Crippen LogP contribution in [0.25, 0.3) is 0 Å². The summed E-state index contributed by atoms with van der Waals surface area (Å²) in [7, 11) is 0. The SMILES string of the molecule is CCCc1cc(C(=O)NCC(CC)CC(=O)O)cc(Cl)n1. The summed E-state index contributed by atoms with van der Waals surface area (Å²) in [4.78, 5) is 27.0. The Morgan fingerprint density at radius 3 is 2.67 bits per heavy atom. The molecule has 1 atom stereocenters. The normalized spacial score (nSPS) is 12.0. The van der Waals surface area contributed by atoms with E-state index in [9.17, 15) is 9.59 Å². The molecule has 0 spiro atoms. The minimum absolute atomic E-state index is 0.0506. The van der Waals surface area contributed by atoms with E-state index in [1.165, 1.54) is 6.07 Å². The Morgan fingerprint density at radius 1 is 1.38 bits per heavy atom. The molecule has 0 saturated carbocycles. The highest BCUT2D eigenvalue weighted by Crippen LogP contribution is 2.13. The zero-order valence-electron chi connectivity index (χ0n) is 12.4. The topological polar surface area (TPSA) is 79.3 Å². The molecule has 0 fully saturated rings. The van der Waals surface area contributed by atoms with Crippen molar-refractivity contribution in [2.24, 2.45) is 5.92 Å². The summed E-state index contributed by atoms with van der Waals surface area (Å²) in [6, 6.07) is 3.25. The number of rotatable bonds is 8. The summed E-state index contributed by atoms with van der Waals surface area (Å²) in [5.74, 6) is -1.17. The number of carboxylic acid groups (broad SMARTS) is 1. The third-order valence-electron chi connectivity index (χ3n) is 3.21. The first-order valence-electron chi connectivity index (χ1n) is 7.12. The number of aromatic nitrogens is 1. The van der Waals surface area contributed by atoms with Gasteiger partial charge in [-0.15, -0.1) is 0 Å². The standard InChI is InChI=1S/C15H21ClN2O3/c1-3-5-12-7-11(8-13(16)18-12)15(21)17-9-10(4-2)6-14(19)20/h7-8,10H,3-6,9H2,1-2H3,(H,17,21)(H,19,20). The highest BCUT2D eigenvalue weighted by molar-refractivity contribution is 6.29. The Hall–Kier alpha value is -1.62. The number of carbonyl (C=O) groups excluding carboxylic acids is 1. The van der Waals surface area contributed by atoms with Crippen molar-refractivity contribution in [1.29, 1.82) is 0 Å². The molecule has 0 saturated heterocycles. The number of amides is 1. The number of nitrogens with zero attached hydrogens (tertiary/aromatic N) is 1. The van der Waals surface area contributed by atoms with Gasteiger partial charge in [0.05, 0.1) is 0 Å². The van der Waals surface area contributed by atoms with Crippen LogP contribution >= 0.6 is 11.6 Å². The van der Waals surface area contributed by atoms with Gasteiger partial charge in [0.2, 0.25) is 0 Å². The molecule has 0 aliphatic carbocycles. The Bertz CT molecular complexity index is 506. The van der Waals surface area contributed by atoms with Crippen molar-refractivity contribution in [3.8, 4) is 0 Å². The highest BCUT2D eigenvalue weighted by Gasteiger charge is 2.14. The van der Waals surface area contributed by atoms with Crippen molar-refractivity contribution in [3.63, 3.8) is 0 Å². The maximum absolute atomic E-state index is 12.1. The molecule has 1 rings (SSSR count). The summed E-state index contributed by atoms with van der Waals surface area (Å²) in [5, 5.41) is 11.8. The molecular weight excluding hydrogens is 292 g/mol. The van der Waals surface area contributed by atoms with Gasteiger partial charge in [-0.3, -0.25) is 9.59 Å². The first-order valence-corrected chi connectivity index (χ1v) is 7.50. The number of carboxylic acids is 1. The zero-order valence-corrected chi connectivity index (χ0v) is 13.1. The lowest BCUT2D eigenvalue weighted by atomic mass is 10.0. The van der Waals surface area contributed by atoms with Crippen molar-refractivity contribution < 1.29 is 14.7 Å². The van der Waals surface area contributed by atoms with Crippen LogP contribution in [0.4, 0.5) is 0 Å². The van der Waals surface area contributed by atoms with Crippen molar-refractivity contribution in [2.45, 2.75) is 39.5 Å². The number of hydrogen-bond acceptors (Lipinski definition) is 3. The monoisotopic (exact) mass is 312 g/mol. The van der Waals surface area contributed by atoms with E-state index < -0.39 is 5.97 Å². The van der Waals surface area contributed by atoms with Gasteiger partial charge in [0.15, 0.2) is 0 Å². The first kappa shape index (κ1) is 17.4. The maximum atomic E-state index is 12.1. The molecule has 1 heterocycles. The Morgan fingerprint density at radius 2 is 2.10 bits per heavy atom. The number of aliphatic carboxylic acids is 1. The lowest BCUT2D eigenvalue weighted by Crippen LogP contribution is -2.30. The lowest BCUT2D eigenvalue weighted by molar-refractivity contribution is -0.138. The second-order valence-electron chi connectivity index (χ2n) is 5.00. The molecule has 1 unspecified atom stereocenters. The molecule has 0 aromatic carbocycles. The number of nitrogens with one attached hydrogen (secondary N) is 1. The van der Waals surface area contributed by atoms with Crippen LogP contribution in [-0.2, 0) is 11.2 Å². The van der Waals surface area contributed by atoms with Gasteiger partial charge in [-0.1, -0.05) is 38.3 Å². The van der Waals surface area contributed by atoms with Crippen LogP contribution in [0.15, 0.2) is 12.1 Å². The van der Waals surface area contributed by atoms with Gasteiger partial charge in [0.1, 0.15) is 5.15 Å². The van der Waals surface area contributed by atoms with Gasteiger partial charge in [0, 0.05) is 24.2 Å². The van der Waals surface area contributed by atoms with Gasteiger partial charge >= 0.3 is 5.97 Å². The number of pyridine rings is 1. The Kier molecular flexibility index (Phi) is 7.15. The summed E-state index contributed by atoms with van der Waals surface area (Å²) >= 11 is 5.92. The molecule has 116 valence electrons. The molecular formula is C15H21ClN2O3. The van der Waals surface area contributed by atoms with E-state index >= 15 is 0 Å². The molecule has 5 nitrogen and oxygen atoms in total. The molecule has 1 aromatic rings. The number of halogens is 1. The molecule has 21 heavy (non-hydrogen) atoms. The molecule has 0 aliphatic heterocycles. The van der Waals surface area contributed by atoms with Crippen molar-refractivity contribution in [3.05, 3.63) is 28.5 Å². The minimum Gasteiger partial charge on any atom is -0.481 e. The molecule has 0 aliphatic rings. The van der Waals surface area contributed by atoms with Crippen LogP contribution in [0.2, 0.25) is 5.15 Å². The first-order chi connectivity index (χ1) is 9.96. The van der Waals surface area contributed by atoms with Crippen LogP contribution < -0.4 is 5.32 Å². The van der Waals surface area contributed by atoms with E-state index in [-0.39, 0.29) is 18.2 Å². The van der Waals surface area contributed by atoms with Crippen molar-refractivity contribution in [1.82, 2.24) is 10.3 Å². The molecule has 2 N–H and O–H groups in total. The van der Waals surface area contributed by atoms with Gasteiger partial charge < -0.3 is 10.4 Å². The number of aryl methyl sites for hydroxylation is 1. The van der Waals surface area contributed by atoms with E-state index in [4.69, 9.17) is 16.7 Å². The Labute approximate surface area is 129 Å². The second kappa shape index (κ2) is 8.62. The molecule has 0 bridgehead atoms. The quantitative estimate of drug-likeness (QED) is 0.723. The van der Waals surface area contributed by atoms with E-state index in [0.717, 1.165) is 18.5 Å². The van der Waals surface area contributed by atoms with Crippen LogP contribution in [0.1, 0.15) is 49.2 Å². The molecule has 1 amide bonds. The van der Waals surface area contributed by atoms with Gasteiger partial charge in [-0.25, -0.2) is 4.98 Å². The fourth-order valence-corrected chi connectivity index (χ4v) is 2.24. The average Bonchev–Trinajstić information content (AvgIpc) is 2.42. The third kappa shape index (κ3) is 6.12. The van der Waals surface area contributed by atoms with Crippen molar-refractivity contribution in [2.75, 3.05) is 6.54 Å². The predicted molar refractivity (Wildman–Crippen MR) is 81.6 cm³/mol. The molecule has 0 radical (unpaired) electrons. The van der Waals surface area contributed by atoms with Gasteiger partial charge in [-0.2, -0.15) is 0 Å². The van der Waals surface area contributed by atoms with Crippen molar-refractivity contribution >= 4 is 23.5 Å². The summed E-state index contributed by atoms with van der Waals surface area (Å²) in [6.45, 7) is 4.27. The lowest BCUT2D eigenvalue weighted by Gasteiger charge is -2.13. The fraction of sp³-hybridized carbons (Fsp3) is 0.533. The summed E-state index contributed by atoms with van der Waals surface area (Å²) < 4.78 is 0.